The van der Waals surface area contributed by atoms with Crippen LogP contribution in [0, 0.1) is 6.92 Å². The first-order valence-corrected chi connectivity index (χ1v) is 11.3. The minimum absolute atomic E-state index is 0.160. The number of carbonyl (C=O) groups excluding carboxylic acids is 1. The van der Waals surface area contributed by atoms with E-state index in [0.29, 0.717) is 18.1 Å². The van der Waals surface area contributed by atoms with Crippen LogP contribution in [0.5, 0.6) is 5.75 Å². The molecule has 162 valence electrons. The molecule has 0 spiro atoms. The van der Waals surface area contributed by atoms with Gasteiger partial charge in [0.2, 0.25) is 0 Å². The Labute approximate surface area is 189 Å². The third-order valence-corrected chi connectivity index (χ3v) is 6.26. The van der Waals surface area contributed by atoms with Crippen molar-refractivity contribution >= 4 is 17.2 Å². The van der Waals surface area contributed by atoms with Gasteiger partial charge in [-0.3, -0.25) is 4.79 Å². The Balaban J connectivity index is 1.46. The van der Waals surface area contributed by atoms with Crippen LogP contribution in [-0.2, 0) is 6.54 Å². The van der Waals surface area contributed by atoms with Crippen molar-refractivity contribution in [1.29, 1.82) is 0 Å². The average Bonchev–Trinajstić information content (AvgIpc) is 3.43. The minimum Gasteiger partial charge on any atom is -0.496 e. The summed E-state index contributed by atoms with van der Waals surface area (Å²) in [6.45, 7) is 2.34. The van der Waals surface area contributed by atoms with Crippen molar-refractivity contribution in [3.63, 3.8) is 0 Å². The zero-order valence-corrected chi connectivity index (χ0v) is 18.6. The average molecular weight is 447 g/mol. The van der Waals surface area contributed by atoms with E-state index in [1.165, 1.54) is 11.3 Å². The van der Waals surface area contributed by atoms with Gasteiger partial charge in [-0.25, -0.2) is 19.6 Å². The van der Waals surface area contributed by atoms with Crippen molar-refractivity contribution in [2.24, 2.45) is 0 Å². The predicted octanol–water partition coefficient (Wildman–Crippen LogP) is 3.91. The number of hydrogen-bond acceptors (Lipinski definition) is 7. The molecule has 1 N–H and O–H groups in total. The maximum atomic E-state index is 12.9. The first kappa shape index (κ1) is 20.3. The van der Waals surface area contributed by atoms with E-state index in [2.05, 4.69) is 20.4 Å². The summed E-state index contributed by atoms with van der Waals surface area (Å²) in [4.78, 5) is 26.5. The summed E-state index contributed by atoms with van der Waals surface area (Å²) in [5.41, 5.74) is 3.98. The van der Waals surface area contributed by atoms with Crippen molar-refractivity contribution in [2.45, 2.75) is 32.2 Å². The zero-order valence-electron chi connectivity index (χ0n) is 17.8. The molecular weight excluding hydrogens is 424 g/mol. The van der Waals surface area contributed by atoms with Gasteiger partial charge in [-0.1, -0.05) is 12.1 Å². The number of para-hydroxylation sites is 1. The Kier molecular flexibility index (Phi) is 5.40. The highest BCUT2D eigenvalue weighted by atomic mass is 32.1. The summed E-state index contributed by atoms with van der Waals surface area (Å²) in [5, 5.41) is 10.3. The van der Waals surface area contributed by atoms with E-state index < -0.39 is 0 Å². The number of methoxy groups -OCH3 is 1. The third-order valence-electron chi connectivity index (χ3n) is 5.30. The van der Waals surface area contributed by atoms with Gasteiger partial charge in [-0.05, 0) is 38.0 Å². The molecule has 9 heteroatoms. The molecule has 3 aromatic heterocycles. The quantitative estimate of drug-likeness (QED) is 0.463. The molecule has 0 saturated heterocycles. The first-order valence-electron chi connectivity index (χ1n) is 10.4. The fourth-order valence-corrected chi connectivity index (χ4v) is 4.35. The molecule has 0 unspecified atom stereocenters. The van der Waals surface area contributed by atoms with Crippen molar-refractivity contribution in [3.8, 4) is 23.0 Å². The molecule has 3 heterocycles. The Bertz CT molecular complexity index is 1280. The fraction of sp³-hybridized carbons (Fsp3) is 0.261. The second-order valence-corrected chi connectivity index (χ2v) is 8.58. The number of nitrogens with one attached hydrogen (secondary N) is 1. The molecule has 0 radical (unpaired) electrons. The molecule has 0 atom stereocenters. The van der Waals surface area contributed by atoms with Gasteiger partial charge in [0.15, 0.2) is 0 Å². The standard InChI is InChI=1S/C23H22N6O2S/c1-14-13-32-20(27-14)12-25-22(30)17-11-26-29(21(17)15-7-8-15)23-24-10-9-18(28-23)16-5-3-4-6-19(16)31-2/h3-6,9-11,13,15H,7-8,12H2,1-2H3,(H,25,30). The van der Waals surface area contributed by atoms with Crippen LogP contribution in [0.25, 0.3) is 17.2 Å². The number of thiazole rings is 1. The van der Waals surface area contributed by atoms with Crippen molar-refractivity contribution in [2.75, 3.05) is 7.11 Å². The summed E-state index contributed by atoms with van der Waals surface area (Å²) in [7, 11) is 1.64. The number of aromatic nitrogens is 5. The molecule has 32 heavy (non-hydrogen) atoms. The third kappa shape index (κ3) is 3.99. The summed E-state index contributed by atoms with van der Waals surface area (Å²) >= 11 is 1.54. The summed E-state index contributed by atoms with van der Waals surface area (Å²) in [6, 6.07) is 9.55. The largest absolute Gasteiger partial charge is 0.496 e. The van der Waals surface area contributed by atoms with Gasteiger partial charge in [-0.15, -0.1) is 11.3 Å². The Morgan fingerprint density at radius 1 is 1.25 bits per heavy atom. The second-order valence-electron chi connectivity index (χ2n) is 7.64. The molecule has 0 bridgehead atoms. The summed E-state index contributed by atoms with van der Waals surface area (Å²) < 4.78 is 7.17. The molecular formula is C23H22N6O2S. The SMILES string of the molecule is COc1ccccc1-c1ccnc(-n2ncc(C(=O)NCc3nc(C)cs3)c2C2CC2)n1. The number of carbonyl (C=O) groups is 1. The predicted molar refractivity (Wildman–Crippen MR) is 121 cm³/mol. The minimum atomic E-state index is -0.160. The molecule has 1 aliphatic rings. The number of amides is 1. The molecule has 1 amide bonds. The lowest BCUT2D eigenvalue weighted by Crippen LogP contribution is -2.23. The lowest BCUT2D eigenvalue weighted by atomic mass is 10.1. The van der Waals surface area contributed by atoms with E-state index in [1.807, 2.05) is 42.6 Å². The maximum absolute atomic E-state index is 12.9. The van der Waals surface area contributed by atoms with Crippen LogP contribution in [0.15, 0.2) is 48.1 Å². The zero-order chi connectivity index (χ0) is 22.1. The van der Waals surface area contributed by atoms with E-state index in [1.54, 1.807) is 24.2 Å². The highest BCUT2D eigenvalue weighted by molar-refractivity contribution is 7.09. The monoisotopic (exact) mass is 446 g/mol. The van der Waals surface area contributed by atoms with Crippen LogP contribution in [0.1, 0.15) is 45.5 Å². The van der Waals surface area contributed by atoms with Crippen LogP contribution in [0.4, 0.5) is 0 Å². The van der Waals surface area contributed by atoms with Gasteiger partial charge in [0.05, 0.1) is 36.8 Å². The van der Waals surface area contributed by atoms with Crippen molar-refractivity contribution in [3.05, 3.63) is 70.1 Å². The normalized spacial score (nSPS) is 13.2. The van der Waals surface area contributed by atoms with E-state index in [-0.39, 0.29) is 11.8 Å². The highest BCUT2D eigenvalue weighted by Crippen LogP contribution is 2.42. The molecule has 1 aromatic carbocycles. The Hall–Kier alpha value is -3.59. The van der Waals surface area contributed by atoms with Crippen LogP contribution >= 0.6 is 11.3 Å². The van der Waals surface area contributed by atoms with Crippen LogP contribution < -0.4 is 10.1 Å². The maximum Gasteiger partial charge on any atom is 0.255 e. The molecule has 0 aliphatic heterocycles. The smallest absolute Gasteiger partial charge is 0.255 e. The molecule has 8 nitrogen and oxygen atoms in total. The van der Waals surface area contributed by atoms with Crippen LogP contribution in [-0.4, -0.2) is 37.7 Å². The van der Waals surface area contributed by atoms with Gasteiger partial charge in [0, 0.05) is 28.8 Å². The number of rotatable bonds is 7. The lowest BCUT2D eigenvalue weighted by Gasteiger charge is -2.10. The fourth-order valence-electron chi connectivity index (χ4n) is 3.63. The molecule has 4 aromatic rings. The lowest BCUT2D eigenvalue weighted by molar-refractivity contribution is 0.0950. The van der Waals surface area contributed by atoms with Crippen LogP contribution in [0.3, 0.4) is 0 Å². The first-order chi connectivity index (χ1) is 15.6. The van der Waals surface area contributed by atoms with Gasteiger partial charge in [0.25, 0.3) is 11.9 Å². The van der Waals surface area contributed by atoms with Crippen LogP contribution in [0.2, 0.25) is 0 Å². The molecule has 1 aliphatic carbocycles. The summed E-state index contributed by atoms with van der Waals surface area (Å²) in [6.07, 6.45) is 5.34. The summed E-state index contributed by atoms with van der Waals surface area (Å²) in [5.74, 6) is 1.29. The van der Waals surface area contributed by atoms with E-state index in [0.717, 1.165) is 46.2 Å². The van der Waals surface area contributed by atoms with Crippen molar-refractivity contribution in [1.82, 2.24) is 30.0 Å². The van der Waals surface area contributed by atoms with E-state index in [4.69, 9.17) is 9.72 Å². The molecule has 1 fully saturated rings. The number of benzene rings is 1. The van der Waals surface area contributed by atoms with Gasteiger partial charge < -0.3 is 10.1 Å². The number of ether oxygens (including phenoxy) is 1. The Morgan fingerprint density at radius 2 is 2.09 bits per heavy atom. The van der Waals surface area contributed by atoms with Gasteiger partial charge in [0.1, 0.15) is 10.8 Å². The highest BCUT2D eigenvalue weighted by Gasteiger charge is 2.33. The molecule has 5 rings (SSSR count). The molecule has 1 saturated carbocycles. The van der Waals surface area contributed by atoms with Crippen molar-refractivity contribution < 1.29 is 9.53 Å². The number of hydrogen-bond donors (Lipinski definition) is 1. The second kappa shape index (κ2) is 8.51. The van der Waals surface area contributed by atoms with E-state index >= 15 is 0 Å². The van der Waals surface area contributed by atoms with Gasteiger partial charge in [-0.2, -0.15) is 5.10 Å². The van der Waals surface area contributed by atoms with Gasteiger partial charge >= 0.3 is 0 Å². The number of nitrogens with zero attached hydrogens (tertiary/aromatic N) is 5. The Morgan fingerprint density at radius 3 is 2.84 bits per heavy atom. The number of aryl methyl sites for hydroxylation is 1. The topological polar surface area (TPSA) is 94.8 Å². The van der Waals surface area contributed by atoms with E-state index in [9.17, 15) is 4.79 Å².